The van der Waals surface area contributed by atoms with E-state index in [0.29, 0.717) is 5.69 Å². The van der Waals surface area contributed by atoms with Gasteiger partial charge in [-0.05, 0) is 44.0 Å². The van der Waals surface area contributed by atoms with Crippen molar-refractivity contribution in [3.63, 3.8) is 0 Å². The number of nitrogens with zero attached hydrogens (tertiary/aromatic N) is 2. The zero-order valence-electron chi connectivity index (χ0n) is 11.6. The van der Waals surface area contributed by atoms with Crippen LogP contribution in [0.1, 0.15) is 19.8 Å². The van der Waals surface area contributed by atoms with Gasteiger partial charge in [-0.1, -0.05) is 22.9 Å². The highest BCUT2D eigenvalue weighted by atomic mass is 79.9. The summed E-state index contributed by atoms with van der Waals surface area (Å²) in [5.41, 5.74) is 0.704. The zero-order chi connectivity index (χ0) is 14.5. The molecule has 1 N–H and O–H groups in total. The van der Waals surface area contributed by atoms with Crippen molar-refractivity contribution in [2.75, 3.05) is 31.5 Å². The smallest absolute Gasteiger partial charge is 0.292 e. The Morgan fingerprint density at radius 2 is 2.15 bits per heavy atom. The van der Waals surface area contributed by atoms with Crippen LogP contribution in [0.3, 0.4) is 0 Å². The number of nitro benzene ring substituents is 1. The van der Waals surface area contributed by atoms with Crippen LogP contribution in [0, 0.1) is 16.0 Å². The topological polar surface area (TPSA) is 58.4 Å². The van der Waals surface area contributed by atoms with Crippen LogP contribution in [0.4, 0.5) is 11.4 Å². The number of halogens is 1. The first kappa shape index (κ1) is 15.3. The molecule has 1 aromatic carbocycles. The third kappa shape index (κ3) is 4.18. The summed E-state index contributed by atoms with van der Waals surface area (Å²) in [5, 5.41) is 14.2. The molecule has 0 spiro atoms. The summed E-state index contributed by atoms with van der Waals surface area (Å²) in [5.74, 6) is 0.824. The summed E-state index contributed by atoms with van der Waals surface area (Å²) in [6, 6.07) is 4.97. The Kier molecular flexibility index (Phi) is 5.37. The van der Waals surface area contributed by atoms with Crippen LogP contribution in [-0.2, 0) is 0 Å². The Balaban J connectivity index is 1.87. The number of anilines is 1. The summed E-state index contributed by atoms with van der Waals surface area (Å²) in [4.78, 5) is 13.0. The average Bonchev–Trinajstić information content (AvgIpc) is 2.41. The number of nitro groups is 1. The maximum atomic E-state index is 11.0. The number of nitrogens with one attached hydrogen (secondary N) is 1. The zero-order valence-corrected chi connectivity index (χ0v) is 13.2. The van der Waals surface area contributed by atoms with E-state index in [4.69, 9.17) is 0 Å². The maximum absolute atomic E-state index is 11.0. The van der Waals surface area contributed by atoms with Crippen molar-refractivity contribution in [2.45, 2.75) is 19.8 Å². The predicted octanol–water partition coefficient (Wildman–Crippen LogP) is 3.50. The summed E-state index contributed by atoms with van der Waals surface area (Å²) in [6.07, 6.45) is 2.49. The molecule has 1 aliphatic heterocycles. The van der Waals surface area contributed by atoms with E-state index in [1.165, 1.54) is 18.9 Å². The Labute approximate surface area is 127 Å². The van der Waals surface area contributed by atoms with Crippen molar-refractivity contribution in [2.24, 2.45) is 5.92 Å². The molecule has 0 radical (unpaired) electrons. The Hall–Kier alpha value is -1.14. The molecule has 0 bridgehead atoms. The first-order chi connectivity index (χ1) is 9.56. The van der Waals surface area contributed by atoms with E-state index in [1.807, 2.05) is 0 Å². The second-order valence-corrected chi connectivity index (χ2v) is 6.29. The monoisotopic (exact) mass is 341 g/mol. The third-order valence-electron chi connectivity index (χ3n) is 3.78. The second kappa shape index (κ2) is 7.04. The van der Waals surface area contributed by atoms with E-state index in [2.05, 4.69) is 33.1 Å². The summed E-state index contributed by atoms with van der Waals surface area (Å²) in [6.45, 7) is 6.20. The molecule has 0 saturated carbocycles. The average molecular weight is 342 g/mol. The fraction of sp³-hybridized carbons (Fsp3) is 0.571. The molecule has 110 valence electrons. The molecule has 0 unspecified atom stereocenters. The molecular weight excluding hydrogens is 322 g/mol. The molecule has 1 aromatic rings. The van der Waals surface area contributed by atoms with Crippen LogP contribution in [-0.4, -0.2) is 36.0 Å². The molecule has 5 nitrogen and oxygen atoms in total. The van der Waals surface area contributed by atoms with Gasteiger partial charge in [-0.15, -0.1) is 0 Å². The third-order valence-corrected chi connectivity index (χ3v) is 4.27. The van der Waals surface area contributed by atoms with Gasteiger partial charge in [0.05, 0.1) is 4.92 Å². The predicted molar refractivity (Wildman–Crippen MR) is 84.1 cm³/mol. The van der Waals surface area contributed by atoms with Crippen LogP contribution in [0.5, 0.6) is 0 Å². The molecule has 20 heavy (non-hydrogen) atoms. The fourth-order valence-corrected chi connectivity index (χ4v) is 2.80. The van der Waals surface area contributed by atoms with Gasteiger partial charge < -0.3 is 10.2 Å². The van der Waals surface area contributed by atoms with Crippen LogP contribution >= 0.6 is 15.9 Å². The molecule has 0 amide bonds. The highest BCUT2D eigenvalue weighted by molar-refractivity contribution is 9.10. The molecule has 1 fully saturated rings. The van der Waals surface area contributed by atoms with Gasteiger partial charge in [0.2, 0.25) is 0 Å². The van der Waals surface area contributed by atoms with Gasteiger partial charge in [0.15, 0.2) is 0 Å². The number of piperidine rings is 1. The molecule has 2 rings (SSSR count). The van der Waals surface area contributed by atoms with Gasteiger partial charge in [0.25, 0.3) is 5.69 Å². The maximum Gasteiger partial charge on any atom is 0.292 e. The lowest BCUT2D eigenvalue weighted by atomic mass is 9.99. The lowest BCUT2D eigenvalue weighted by Crippen LogP contribution is -2.36. The van der Waals surface area contributed by atoms with Crippen molar-refractivity contribution in [3.8, 4) is 0 Å². The Bertz CT molecular complexity index is 473. The van der Waals surface area contributed by atoms with Gasteiger partial charge in [0, 0.05) is 23.6 Å². The standard InChI is InChI=1S/C14H20BrN3O2/c1-11-4-7-17(8-5-11)9-6-16-13-10-12(15)2-3-14(13)18(19)20/h2-3,10-11,16H,4-9H2,1H3. The normalized spacial score (nSPS) is 17.1. The Morgan fingerprint density at radius 3 is 2.80 bits per heavy atom. The van der Waals surface area contributed by atoms with Crippen molar-refractivity contribution >= 4 is 27.3 Å². The number of hydrogen-bond acceptors (Lipinski definition) is 4. The van der Waals surface area contributed by atoms with E-state index in [1.54, 1.807) is 12.1 Å². The Morgan fingerprint density at radius 1 is 1.45 bits per heavy atom. The molecule has 6 heteroatoms. The molecule has 1 aliphatic rings. The van der Waals surface area contributed by atoms with E-state index in [-0.39, 0.29) is 10.6 Å². The van der Waals surface area contributed by atoms with Crippen molar-refractivity contribution in [1.82, 2.24) is 4.90 Å². The molecule has 0 aromatic heterocycles. The first-order valence-electron chi connectivity index (χ1n) is 6.96. The highest BCUT2D eigenvalue weighted by Crippen LogP contribution is 2.27. The fourth-order valence-electron chi connectivity index (χ4n) is 2.44. The summed E-state index contributed by atoms with van der Waals surface area (Å²) < 4.78 is 0.845. The molecule has 1 saturated heterocycles. The van der Waals surface area contributed by atoms with Gasteiger partial charge in [-0.25, -0.2) is 0 Å². The largest absolute Gasteiger partial charge is 0.378 e. The van der Waals surface area contributed by atoms with Crippen LogP contribution in [0.2, 0.25) is 0 Å². The lowest BCUT2D eigenvalue weighted by molar-refractivity contribution is -0.384. The van der Waals surface area contributed by atoms with Gasteiger partial charge in [0.1, 0.15) is 5.69 Å². The molecule has 1 heterocycles. The van der Waals surface area contributed by atoms with Crippen molar-refractivity contribution in [3.05, 3.63) is 32.8 Å². The van der Waals surface area contributed by atoms with Crippen LogP contribution in [0.15, 0.2) is 22.7 Å². The van der Waals surface area contributed by atoms with Gasteiger partial charge in [-0.2, -0.15) is 0 Å². The number of hydrogen-bond donors (Lipinski definition) is 1. The quantitative estimate of drug-likeness (QED) is 0.657. The SMILES string of the molecule is CC1CCN(CCNc2cc(Br)ccc2[N+](=O)[O-])CC1. The lowest BCUT2D eigenvalue weighted by Gasteiger charge is -2.30. The number of benzene rings is 1. The number of likely N-dealkylation sites (tertiary alicyclic amines) is 1. The van der Waals surface area contributed by atoms with Crippen molar-refractivity contribution < 1.29 is 4.92 Å². The van der Waals surface area contributed by atoms with Gasteiger partial charge in [-0.3, -0.25) is 10.1 Å². The van der Waals surface area contributed by atoms with Crippen LogP contribution in [0.25, 0.3) is 0 Å². The molecule has 0 aliphatic carbocycles. The minimum absolute atomic E-state index is 0.125. The van der Waals surface area contributed by atoms with E-state index in [0.717, 1.165) is 36.6 Å². The summed E-state index contributed by atoms with van der Waals surface area (Å²) in [7, 11) is 0. The molecular formula is C14H20BrN3O2. The molecule has 0 atom stereocenters. The minimum Gasteiger partial charge on any atom is -0.378 e. The van der Waals surface area contributed by atoms with E-state index >= 15 is 0 Å². The number of rotatable bonds is 5. The first-order valence-corrected chi connectivity index (χ1v) is 7.75. The van der Waals surface area contributed by atoms with Crippen molar-refractivity contribution in [1.29, 1.82) is 0 Å². The van der Waals surface area contributed by atoms with Gasteiger partial charge >= 0.3 is 0 Å². The second-order valence-electron chi connectivity index (χ2n) is 5.37. The van der Waals surface area contributed by atoms with Crippen LogP contribution < -0.4 is 5.32 Å². The summed E-state index contributed by atoms with van der Waals surface area (Å²) >= 11 is 3.35. The van der Waals surface area contributed by atoms with E-state index < -0.39 is 0 Å². The highest BCUT2D eigenvalue weighted by Gasteiger charge is 2.16. The minimum atomic E-state index is -0.350. The van der Waals surface area contributed by atoms with E-state index in [9.17, 15) is 10.1 Å².